The molecule has 122 valence electrons. The Hall–Kier alpha value is -2.28. The van der Waals surface area contributed by atoms with E-state index in [1.54, 1.807) is 23.5 Å². The molecule has 1 fully saturated rings. The second kappa shape index (κ2) is 6.45. The van der Waals surface area contributed by atoms with Gasteiger partial charge in [-0.1, -0.05) is 13.8 Å². The van der Waals surface area contributed by atoms with E-state index >= 15 is 0 Å². The van der Waals surface area contributed by atoms with Crippen LogP contribution in [-0.2, 0) is 4.74 Å². The van der Waals surface area contributed by atoms with Gasteiger partial charge in [-0.15, -0.1) is 0 Å². The van der Waals surface area contributed by atoms with Crippen molar-refractivity contribution >= 4 is 5.91 Å². The first-order valence-electron chi connectivity index (χ1n) is 7.78. The number of H-pyrrole nitrogens is 1. The molecule has 0 spiro atoms. The number of ether oxygens (including phenoxy) is 1. The molecule has 2 aromatic rings. The van der Waals surface area contributed by atoms with E-state index in [1.807, 2.05) is 20.8 Å². The minimum absolute atomic E-state index is 0.0948. The van der Waals surface area contributed by atoms with Crippen molar-refractivity contribution in [2.75, 3.05) is 19.8 Å². The van der Waals surface area contributed by atoms with Crippen LogP contribution in [-0.4, -0.2) is 50.5 Å². The van der Waals surface area contributed by atoms with Gasteiger partial charge in [-0.05, 0) is 6.92 Å². The molecule has 0 radical (unpaired) electrons. The summed E-state index contributed by atoms with van der Waals surface area (Å²) in [6.45, 7) is 7.46. The Morgan fingerprint density at radius 1 is 1.30 bits per heavy atom. The van der Waals surface area contributed by atoms with Crippen LogP contribution in [0.25, 0.3) is 0 Å². The van der Waals surface area contributed by atoms with E-state index in [1.165, 1.54) is 0 Å². The minimum Gasteiger partial charge on any atom is -0.377 e. The van der Waals surface area contributed by atoms with Gasteiger partial charge >= 0.3 is 0 Å². The number of hydrogen-bond donors (Lipinski definition) is 1. The second-order valence-electron chi connectivity index (χ2n) is 6.03. The molecule has 0 bridgehead atoms. The number of hydrogen-bond acceptors (Lipinski definition) is 5. The highest BCUT2D eigenvalue weighted by Crippen LogP contribution is 2.24. The summed E-state index contributed by atoms with van der Waals surface area (Å²) in [6, 6.07) is -0.213. The summed E-state index contributed by atoms with van der Waals surface area (Å²) in [5, 5.41) is 0. The lowest BCUT2D eigenvalue weighted by atomic mass is 10.1. The third-order valence-electron chi connectivity index (χ3n) is 3.86. The maximum Gasteiger partial charge on any atom is 0.257 e. The smallest absolute Gasteiger partial charge is 0.257 e. The van der Waals surface area contributed by atoms with Gasteiger partial charge < -0.3 is 14.6 Å². The molecule has 1 N–H and O–H groups in total. The van der Waals surface area contributed by atoms with Crippen LogP contribution in [0.15, 0.2) is 18.6 Å². The van der Waals surface area contributed by atoms with Gasteiger partial charge in [-0.3, -0.25) is 4.79 Å². The molecular weight excluding hydrogens is 294 g/mol. The molecule has 1 unspecified atom stereocenters. The van der Waals surface area contributed by atoms with Gasteiger partial charge in [0.25, 0.3) is 5.91 Å². The van der Waals surface area contributed by atoms with Crippen molar-refractivity contribution < 1.29 is 9.53 Å². The Morgan fingerprint density at radius 3 is 2.65 bits per heavy atom. The second-order valence-corrected chi connectivity index (χ2v) is 6.03. The van der Waals surface area contributed by atoms with Crippen LogP contribution in [0.4, 0.5) is 0 Å². The molecule has 0 aliphatic carbocycles. The van der Waals surface area contributed by atoms with Crippen LogP contribution >= 0.6 is 0 Å². The quantitative estimate of drug-likeness (QED) is 0.934. The summed E-state index contributed by atoms with van der Waals surface area (Å²) in [6.07, 6.45) is 4.96. The number of carbonyl (C=O) groups excluding carboxylic acids is 1. The number of nitrogens with zero attached hydrogens (tertiary/aromatic N) is 4. The van der Waals surface area contributed by atoms with Crippen LogP contribution in [0.5, 0.6) is 0 Å². The van der Waals surface area contributed by atoms with Crippen LogP contribution in [0.2, 0.25) is 0 Å². The molecule has 1 aliphatic rings. The fourth-order valence-electron chi connectivity index (χ4n) is 2.59. The average Bonchev–Trinajstić information content (AvgIpc) is 3.00. The largest absolute Gasteiger partial charge is 0.377 e. The van der Waals surface area contributed by atoms with E-state index < -0.39 is 0 Å². The lowest BCUT2D eigenvalue weighted by Gasteiger charge is -2.34. The Bertz CT molecular complexity index is 680. The molecule has 0 saturated carbocycles. The molecule has 2 aromatic heterocycles. The van der Waals surface area contributed by atoms with Crippen LogP contribution < -0.4 is 0 Å². The Morgan fingerprint density at radius 2 is 2.04 bits per heavy atom. The van der Waals surface area contributed by atoms with E-state index in [0.717, 1.165) is 17.3 Å². The number of aryl methyl sites for hydroxylation is 1. The van der Waals surface area contributed by atoms with Crippen molar-refractivity contribution in [3.8, 4) is 0 Å². The maximum absolute atomic E-state index is 12.8. The lowest BCUT2D eigenvalue weighted by Crippen LogP contribution is -2.44. The predicted octanol–water partition coefficient (Wildman–Crippen LogP) is 1.85. The summed E-state index contributed by atoms with van der Waals surface area (Å²) in [5.41, 5.74) is 1.45. The third kappa shape index (κ3) is 3.24. The average molecular weight is 315 g/mol. The highest BCUT2D eigenvalue weighted by molar-refractivity contribution is 5.94. The van der Waals surface area contributed by atoms with Crippen molar-refractivity contribution in [3.05, 3.63) is 41.5 Å². The van der Waals surface area contributed by atoms with Crippen LogP contribution in [0, 0.1) is 6.92 Å². The number of morpholine rings is 1. The zero-order valence-electron chi connectivity index (χ0n) is 13.6. The normalized spacial score (nSPS) is 18.4. The van der Waals surface area contributed by atoms with Gasteiger partial charge in [0.15, 0.2) is 0 Å². The molecule has 7 heteroatoms. The van der Waals surface area contributed by atoms with E-state index in [4.69, 9.17) is 4.74 Å². The molecule has 0 aromatic carbocycles. The summed E-state index contributed by atoms with van der Waals surface area (Å²) >= 11 is 0. The number of rotatable bonds is 3. The molecule has 3 heterocycles. The Kier molecular flexibility index (Phi) is 4.38. The van der Waals surface area contributed by atoms with Gasteiger partial charge in [0.2, 0.25) is 0 Å². The first-order chi connectivity index (χ1) is 11.1. The van der Waals surface area contributed by atoms with E-state index in [0.29, 0.717) is 25.3 Å². The summed E-state index contributed by atoms with van der Waals surface area (Å²) in [4.78, 5) is 30.7. The number of nitrogens with one attached hydrogen (secondary N) is 1. The van der Waals surface area contributed by atoms with Crippen molar-refractivity contribution in [2.45, 2.75) is 32.7 Å². The van der Waals surface area contributed by atoms with Crippen molar-refractivity contribution in [1.29, 1.82) is 0 Å². The van der Waals surface area contributed by atoms with E-state index in [2.05, 4.69) is 19.9 Å². The molecule has 1 atom stereocenters. The fourth-order valence-corrected chi connectivity index (χ4v) is 2.59. The summed E-state index contributed by atoms with van der Waals surface area (Å²) in [7, 11) is 0. The van der Waals surface area contributed by atoms with Gasteiger partial charge in [-0.25, -0.2) is 15.0 Å². The molecule has 1 saturated heterocycles. The first-order valence-corrected chi connectivity index (χ1v) is 7.78. The fraction of sp³-hybridized carbons (Fsp3) is 0.500. The van der Waals surface area contributed by atoms with Gasteiger partial charge in [-0.2, -0.15) is 0 Å². The van der Waals surface area contributed by atoms with Crippen LogP contribution in [0.1, 0.15) is 53.5 Å². The van der Waals surface area contributed by atoms with Gasteiger partial charge in [0.05, 0.1) is 18.8 Å². The van der Waals surface area contributed by atoms with E-state index in [-0.39, 0.29) is 17.9 Å². The highest BCUT2D eigenvalue weighted by atomic mass is 16.5. The van der Waals surface area contributed by atoms with Crippen LogP contribution in [0.3, 0.4) is 0 Å². The number of aromatic amines is 1. The van der Waals surface area contributed by atoms with Crippen molar-refractivity contribution in [2.24, 2.45) is 0 Å². The minimum atomic E-state index is -0.213. The SMILES string of the molecule is Cc1cnc(C2COCCN2C(=O)c2cnc(C(C)C)nc2)[nH]1. The highest BCUT2D eigenvalue weighted by Gasteiger charge is 2.31. The predicted molar refractivity (Wildman–Crippen MR) is 84.0 cm³/mol. The number of amides is 1. The molecule has 23 heavy (non-hydrogen) atoms. The summed E-state index contributed by atoms with van der Waals surface area (Å²) in [5.74, 6) is 1.63. The topological polar surface area (TPSA) is 84.0 Å². The molecule has 1 amide bonds. The van der Waals surface area contributed by atoms with Gasteiger partial charge in [0, 0.05) is 36.7 Å². The van der Waals surface area contributed by atoms with Crippen molar-refractivity contribution in [1.82, 2.24) is 24.8 Å². The molecular formula is C16H21N5O2. The third-order valence-corrected chi connectivity index (χ3v) is 3.86. The number of aromatic nitrogens is 4. The standard InChI is InChI=1S/C16H21N5O2/c1-10(2)14-18-7-12(8-19-14)16(22)21-4-5-23-9-13(21)15-17-6-11(3)20-15/h6-8,10,13H,4-5,9H2,1-3H3,(H,17,20). The lowest BCUT2D eigenvalue weighted by molar-refractivity contribution is -0.00506. The van der Waals surface area contributed by atoms with Crippen molar-refractivity contribution in [3.63, 3.8) is 0 Å². The number of imidazole rings is 1. The van der Waals surface area contributed by atoms with E-state index in [9.17, 15) is 4.79 Å². The Labute approximate surface area is 135 Å². The summed E-state index contributed by atoms with van der Waals surface area (Å²) < 4.78 is 5.53. The molecule has 1 aliphatic heterocycles. The Balaban J connectivity index is 1.83. The first kappa shape index (κ1) is 15.6. The molecule has 3 rings (SSSR count). The maximum atomic E-state index is 12.8. The molecule has 7 nitrogen and oxygen atoms in total. The zero-order valence-corrected chi connectivity index (χ0v) is 13.6. The zero-order chi connectivity index (χ0) is 16.4. The number of carbonyl (C=O) groups is 1. The van der Waals surface area contributed by atoms with Gasteiger partial charge in [0.1, 0.15) is 17.7 Å². The monoisotopic (exact) mass is 315 g/mol.